The van der Waals surface area contributed by atoms with Gasteiger partial charge in [-0.05, 0) is 55.3 Å². The fourth-order valence-electron chi connectivity index (χ4n) is 5.10. The number of nitrogens with one attached hydrogen (secondary N) is 2. The molecule has 3 amide bonds. The number of para-hydroxylation sites is 1. The topological polar surface area (TPSA) is 83.6 Å². The normalized spacial score (nSPS) is 21.3. The van der Waals surface area contributed by atoms with E-state index in [0.717, 1.165) is 53.4 Å². The Hall–Kier alpha value is -3.52. The highest BCUT2D eigenvalue weighted by Gasteiger charge is 2.46. The molecule has 3 aromatic rings. The van der Waals surface area contributed by atoms with E-state index in [-0.39, 0.29) is 18.0 Å². The molecular formula is C27H26N4O3S. The Morgan fingerprint density at radius 3 is 2.51 bits per heavy atom. The van der Waals surface area contributed by atoms with Crippen molar-refractivity contribution in [3.8, 4) is 11.5 Å². The van der Waals surface area contributed by atoms with Gasteiger partial charge < -0.3 is 15.4 Å². The van der Waals surface area contributed by atoms with Crippen LogP contribution in [0.5, 0.6) is 11.5 Å². The monoisotopic (exact) mass is 486 g/mol. The number of rotatable bonds is 5. The van der Waals surface area contributed by atoms with Crippen LogP contribution in [0, 0.1) is 0 Å². The first-order valence-electron chi connectivity index (χ1n) is 12.1. The molecule has 2 unspecified atom stereocenters. The van der Waals surface area contributed by atoms with Gasteiger partial charge in [-0.15, -0.1) is 0 Å². The number of ether oxygens (including phenoxy) is 1. The summed E-state index contributed by atoms with van der Waals surface area (Å²) >= 11 is 1.44. The molecule has 2 atom stereocenters. The van der Waals surface area contributed by atoms with Crippen molar-refractivity contribution in [3.63, 3.8) is 0 Å². The Balaban J connectivity index is 1.24. The molecule has 3 heterocycles. The molecule has 1 aromatic heterocycles. The molecule has 2 N–H and O–H groups in total. The van der Waals surface area contributed by atoms with E-state index in [1.165, 1.54) is 18.2 Å². The maximum atomic E-state index is 13.3. The second kappa shape index (κ2) is 9.26. The van der Waals surface area contributed by atoms with Crippen LogP contribution in [0.1, 0.15) is 43.7 Å². The molecule has 35 heavy (non-hydrogen) atoms. The van der Waals surface area contributed by atoms with Gasteiger partial charge in [0.25, 0.3) is 0 Å². The van der Waals surface area contributed by atoms with Crippen molar-refractivity contribution >= 4 is 35.1 Å². The average Bonchev–Trinajstić information content (AvgIpc) is 3.26. The van der Waals surface area contributed by atoms with Gasteiger partial charge in [0, 0.05) is 17.8 Å². The Kier molecular flexibility index (Phi) is 5.82. The largest absolute Gasteiger partial charge is 0.457 e. The highest BCUT2D eigenvalue weighted by molar-refractivity contribution is 8.01. The first-order valence-corrected chi connectivity index (χ1v) is 12.9. The Morgan fingerprint density at radius 1 is 1.00 bits per heavy atom. The third-order valence-corrected chi connectivity index (χ3v) is 8.08. The minimum absolute atomic E-state index is 0.0213. The molecule has 6 rings (SSSR count). The third-order valence-electron chi connectivity index (χ3n) is 6.79. The zero-order valence-electron chi connectivity index (χ0n) is 19.1. The lowest BCUT2D eigenvalue weighted by molar-refractivity contribution is -0.121. The van der Waals surface area contributed by atoms with E-state index in [1.54, 1.807) is 11.1 Å². The third kappa shape index (κ3) is 4.23. The molecule has 2 aliphatic heterocycles. The molecule has 178 valence electrons. The Labute approximate surface area is 208 Å². The summed E-state index contributed by atoms with van der Waals surface area (Å²) in [5.41, 5.74) is 2.39. The summed E-state index contributed by atoms with van der Waals surface area (Å²) in [6.07, 6.45) is 7.29. The number of anilines is 2. The van der Waals surface area contributed by atoms with Crippen LogP contribution in [-0.2, 0) is 4.79 Å². The molecule has 1 fully saturated rings. The highest BCUT2D eigenvalue weighted by Crippen LogP contribution is 2.50. The summed E-state index contributed by atoms with van der Waals surface area (Å²) in [6.45, 7) is 0. The van der Waals surface area contributed by atoms with Gasteiger partial charge in [0.1, 0.15) is 21.8 Å². The van der Waals surface area contributed by atoms with Crippen LogP contribution in [0.25, 0.3) is 0 Å². The average molecular weight is 487 g/mol. The van der Waals surface area contributed by atoms with Crippen molar-refractivity contribution in [2.24, 2.45) is 0 Å². The van der Waals surface area contributed by atoms with Crippen LogP contribution in [0.3, 0.4) is 0 Å². The van der Waals surface area contributed by atoms with Gasteiger partial charge in [-0.2, -0.15) is 0 Å². The van der Waals surface area contributed by atoms with Gasteiger partial charge in [-0.1, -0.05) is 49.2 Å². The number of aromatic nitrogens is 1. The molecule has 0 bridgehead atoms. The van der Waals surface area contributed by atoms with Crippen molar-refractivity contribution in [1.29, 1.82) is 0 Å². The lowest BCUT2D eigenvalue weighted by atomic mass is 9.94. The molecule has 8 heteroatoms. The van der Waals surface area contributed by atoms with Gasteiger partial charge in [-0.3, -0.25) is 9.69 Å². The van der Waals surface area contributed by atoms with Crippen LogP contribution < -0.4 is 20.3 Å². The number of pyridine rings is 1. The molecule has 1 aliphatic carbocycles. The second-order valence-corrected chi connectivity index (χ2v) is 10.2. The van der Waals surface area contributed by atoms with E-state index in [2.05, 4.69) is 15.6 Å². The van der Waals surface area contributed by atoms with Crippen LogP contribution in [0.15, 0.2) is 71.9 Å². The zero-order chi connectivity index (χ0) is 23.8. The summed E-state index contributed by atoms with van der Waals surface area (Å²) in [4.78, 5) is 32.7. The Morgan fingerprint density at radius 2 is 1.74 bits per heavy atom. The van der Waals surface area contributed by atoms with Crippen molar-refractivity contribution in [3.05, 3.63) is 72.4 Å². The van der Waals surface area contributed by atoms with Crippen LogP contribution in [-0.4, -0.2) is 28.2 Å². The quantitative estimate of drug-likeness (QED) is 0.483. The number of hydrogen-bond acceptors (Lipinski definition) is 5. The first kappa shape index (κ1) is 22.0. The van der Waals surface area contributed by atoms with E-state index in [1.807, 2.05) is 60.7 Å². The van der Waals surface area contributed by atoms with Gasteiger partial charge >= 0.3 is 6.03 Å². The van der Waals surface area contributed by atoms with E-state index < -0.39 is 11.3 Å². The maximum absolute atomic E-state index is 13.3. The van der Waals surface area contributed by atoms with Crippen LogP contribution in [0.4, 0.5) is 16.2 Å². The predicted molar refractivity (Wildman–Crippen MR) is 135 cm³/mol. The lowest BCUT2D eigenvalue weighted by Gasteiger charge is -2.34. The molecule has 7 nitrogen and oxygen atoms in total. The van der Waals surface area contributed by atoms with Gasteiger partial charge in [0.2, 0.25) is 5.91 Å². The smallest absolute Gasteiger partial charge is 0.327 e. The number of nitrogens with zero attached hydrogens (tertiary/aromatic N) is 2. The molecule has 2 aromatic carbocycles. The number of urea groups is 1. The van der Waals surface area contributed by atoms with Crippen molar-refractivity contribution in [1.82, 2.24) is 15.6 Å². The minimum Gasteiger partial charge on any atom is -0.457 e. The summed E-state index contributed by atoms with van der Waals surface area (Å²) in [5, 5.41) is 6.67. The van der Waals surface area contributed by atoms with E-state index in [0.29, 0.717) is 5.75 Å². The minimum atomic E-state index is -0.423. The SMILES string of the molecule is O=C(NC1CCCCC1)C1Sc2nccc3c2C1NC(=O)N3c1ccc(Oc2ccccc2)cc1. The number of carbonyl (C=O) groups is 2. The summed E-state index contributed by atoms with van der Waals surface area (Å²) in [5.74, 6) is 1.41. The number of amides is 3. The lowest BCUT2D eigenvalue weighted by Crippen LogP contribution is -2.50. The van der Waals surface area contributed by atoms with Crippen LogP contribution in [0.2, 0.25) is 0 Å². The number of carbonyl (C=O) groups excluding carboxylic acids is 2. The molecular weight excluding hydrogens is 460 g/mol. The zero-order valence-corrected chi connectivity index (χ0v) is 20.0. The fraction of sp³-hybridized carbons (Fsp3) is 0.296. The highest BCUT2D eigenvalue weighted by atomic mass is 32.2. The fourth-order valence-corrected chi connectivity index (χ4v) is 6.34. The molecule has 0 spiro atoms. The molecule has 1 saturated carbocycles. The standard InChI is InChI=1S/C27H26N4O3S/c32-25(29-17-7-3-1-4-8-17)24-23-22-21(15-16-28-26(22)35-24)31(27(33)30-23)18-11-13-20(14-12-18)34-19-9-5-2-6-10-19/h2,5-6,9-17,23-24H,1,3-4,7-8H2,(H,29,32)(H,30,33). The second-order valence-electron chi connectivity index (χ2n) is 9.10. The summed E-state index contributed by atoms with van der Waals surface area (Å²) < 4.78 is 5.89. The van der Waals surface area contributed by atoms with Crippen molar-refractivity contribution in [2.75, 3.05) is 4.90 Å². The van der Waals surface area contributed by atoms with Gasteiger partial charge in [-0.25, -0.2) is 9.78 Å². The van der Waals surface area contributed by atoms with E-state index >= 15 is 0 Å². The Bertz CT molecular complexity index is 1250. The predicted octanol–water partition coefficient (Wildman–Crippen LogP) is 5.70. The number of hydrogen-bond donors (Lipinski definition) is 2. The number of benzene rings is 2. The summed E-state index contributed by atoms with van der Waals surface area (Å²) in [6, 6.07) is 18.4. The van der Waals surface area contributed by atoms with Gasteiger partial charge in [0.05, 0.1) is 17.4 Å². The van der Waals surface area contributed by atoms with Gasteiger partial charge in [0.15, 0.2) is 0 Å². The first-order chi connectivity index (χ1) is 17.2. The van der Waals surface area contributed by atoms with Crippen molar-refractivity contribution in [2.45, 2.75) is 54.5 Å². The summed E-state index contributed by atoms with van der Waals surface area (Å²) in [7, 11) is 0. The van der Waals surface area contributed by atoms with E-state index in [9.17, 15) is 9.59 Å². The molecule has 0 radical (unpaired) electrons. The van der Waals surface area contributed by atoms with E-state index in [4.69, 9.17) is 4.74 Å². The van der Waals surface area contributed by atoms with Crippen LogP contribution >= 0.6 is 11.8 Å². The maximum Gasteiger partial charge on any atom is 0.327 e. The molecule has 3 aliphatic rings. The van der Waals surface area contributed by atoms with Crippen molar-refractivity contribution < 1.29 is 14.3 Å². The molecule has 0 saturated heterocycles. The number of thioether (sulfide) groups is 1.